The van der Waals surface area contributed by atoms with E-state index in [1.165, 1.54) is 63.4 Å². The molecule has 3 rings (SSSR count). The van der Waals surface area contributed by atoms with E-state index in [9.17, 15) is 9.59 Å². The van der Waals surface area contributed by atoms with Crippen molar-refractivity contribution in [2.45, 2.75) is 76.8 Å². The first-order chi connectivity index (χ1) is 13.1. The fourth-order valence-corrected chi connectivity index (χ4v) is 4.66. The number of carboxylic acids is 1. The summed E-state index contributed by atoms with van der Waals surface area (Å²) in [5.41, 5.74) is 2.41. The number of benzene rings is 1. The minimum atomic E-state index is -0.908. The van der Waals surface area contributed by atoms with Crippen LogP contribution in [-0.4, -0.2) is 29.6 Å². The summed E-state index contributed by atoms with van der Waals surface area (Å²) in [6.45, 7) is 0.985. The second-order valence-electron chi connectivity index (χ2n) is 8.31. The predicted octanol–water partition coefficient (Wildman–Crippen LogP) is 3.87. The van der Waals surface area contributed by atoms with Gasteiger partial charge in [-0.3, -0.25) is 9.59 Å². The highest BCUT2D eigenvalue weighted by molar-refractivity contribution is 5.94. The molecule has 0 aliphatic heterocycles. The molecule has 2 aliphatic carbocycles. The standard InChI is InChI=1S/C22H32N2O3/c25-20(26)10-15-23-21(27)18-6-4-17(5-7-18)16-24-19-8-13-22(14-9-19)11-2-1-3-12-22/h4-7,19,24H,1-3,8-16H2,(H,23,27)(H,25,26). The molecule has 5 nitrogen and oxygen atoms in total. The van der Waals surface area contributed by atoms with Gasteiger partial charge in [-0.1, -0.05) is 31.4 Å². The third kappa shape index (κ3) is 5.80. The number of hydrogen-bond acceptors (Lipinski definition) is 3. The molecule has 1 amide bonds. The Hall–Kier alpha value is -1.88. The van der Waals surface area contributed by atoms with E-state index in [2.05, 4.69) is 10.6 Å². The smallest absolute Gasteiger partial charge is 0.305 e. The number of carbonyl (C=O) groups is 2. The molecule has 27 heavy (non-hydrogen) atoms. The minimum Gasteiger partial charge on any atom is -0.481 e. The Morgan fingerprint density at radius 2 is 1.67 bits per heavy atom. The quantitative estimate of drug-likeness (QED) is 0.679. The zero-order valence-electron chi connectivity index (χ0n) is 16.1. The van der Waals surface area contributed by atoms with E-state index in [-0.39, 0.29) is 18.9 Å². The lowest BCUT2D eigenvalue weighted by atomic mass is 9.64. The molecule has 2 fully saturated rings. The summed E-state index contributed by atoms with van der Waals surface area (Å²) in [7, 11) is 0. The summed E-state index contributed by atoms with van der Waals surface area (Å²) in [5.74, 6) is -1.13. The van der Waals surface area contributed by atoms with Crippen molar-refractivity contribution in [3.8, 4) is 0 Å². The highest BCUT2D eigenvalue weighted by atomic mass is 16.4. The van der Waals surface area contributed by atoms with E-state index in [1.54, 1.807) is 0 Å². The van der Waals surface area contributed by atoms with Gasteiger partial charge in [-0.05, 0) is 61.6 Å². The molecule has 0 aromatic heterocycles. The van der Waals surface area contributed by atoms with Crippen LogP contribution in [0.3, 0.4) is 0 Å². The molecule has 3 N–H and O–H groups in total. The van der Waals surface area contributed by atoms with E-state index in [1.807, 2.05) is 24.3 Å². The van der Waals surface area contributed by atoms with Crippen LogP contribution in [0.4, 0.5) is 0 Å². The lowest BCUT2D eigenvalue weighted by molar-refractivity contribution is -0.136. The highest BCUT2D eigenvalue weighted by Gasteiger charge is 2.35. The van der Waals surface area contributed by atoms with Crippen LogP contribution in [0, 0.1) is 5.41 Å². The van der Waals surface area contributed by atoms with Gasteiger partial charge in [-0.15, -0.1) is 0 Å². The van der Waals surface area contributed by atoms with Crippen LogP contribution in [0.1, 0.15) is 80.1 Å². The largest absolute Gasteiger partial charge is 0.481 e. The molecule has 2 saturated carbocycles. The Bertz CT molecular complexity index is 625. The lowest BCUT2D eigenvalue weighted by Crippen LogP contribution is -2.38. The van der Waals surface area contributed by atoms with Crippen molar-refractivity contribution in [2.75, 3.05) is 6.54 Å². The minimum absolute atomic E-state index is 0.0591. The van der Waals surface area contributed by atoms with Crippen molar-refractivity contribution in [3.05, 3.63) is 35.4 Å². The van der Waals surface area contributed by atoms with E-state index in [4.69, 9.17) is 5.11 Å². The first kappa shape index (κ1) is 19.9. The fourth-order valence-electron chi connectivity index (χ4n) is 4.66. The van der Waals surface area contributed by atoms with Crippen molar-refractivity contribution in [1.82, 2.24) is 10.6 Å². The van der Waals surface area contributed by atoms with Gasteiger partial charge in [0.2, 0.25) is 0 Å². The van der Waals surface area contributed by atoms with Crippen LogP contribution in [-0.2, 0) is 11.3 Å². The third-order valence-corrected chi connectivity index (χ3v) is 6.40. The van der Waals surface area contributed by atoms with Gasteiger partial charge in [-0.25, -0.2) is 0 Å². The molecular weight excluding hydrogens is 340 g/mol. The fraction of sp³-hybridized carbons (Fsp3) is 0.636. The molecule has 0 heterocycles. The van der Waals surface area contributed by atoms with Gasteiger partial charge in [0.05, 0.1) is 6.42 Å². The molecular formula is C22H32N2O3. The maximum Gasteiger partial charge on any atom is 0.305 e. The van der Waals surface area contributed by atoms with Crippen LogP contribution >= 0.6 is 0 Å². The summed E-state index contributed by atoms with van der Waals surface area (Å²) in [6.07, 6.45) is 12.4. The topological polar surface area (TPSA) is 78.4 Å². The number of nitrogens with one attached hydrogen (secondary N) is 2. The Labute approximate surface area is 161 Å². The van der Waals surface area contributed by atoms with Crippen LogP contribution in [0.5, 0.6) is 0 Å². The predicted molar refractivity (Wildman–Crippen MR) is 106 cm³/mol. The summed E-state index contributed by atoms with van der Waals surface area (Å²) >= 11 is 0. The van der Waals surface area contributed by atoms with Crippen molar-refractivity contribution in [3.63, 3.8) is 0 Å². The van der Waals surface area contributed by atoms with E-state index in [0.717, 1.165) is 6.54 Å². The molecule has 1 aromatic carbocycles. The summed E-state index contributed by atoms with van der Waals surface area (Å²) < 4.78 is 0. The average molecular weight is 373 g/mol. The zero-order valence-corrected chi connectivity index (χ0v) is 16.1. The Kier molecular flexibility index (Phi) is 6.89. The summed E-state index contributed by atoms with van der Waals surface area (Å²) in [5, 5.41) is 14.9. The molecule has 0 bridgehead atoms. The van der Waals surface area contributed by atoms with Crippen molar-refractivity contribution < 1.29 is 14.7 Å². The van der Waals surface area contributed by atoms with Gasteiger partial charge in [0, 0.05) is 24.7 Å². The van der Waals surface area contributed by atoms with Crippen LogP contribution < -0.4 is 10.6 Å². The molecule has 5 heteroatoms. The number of carbonyl (C=O) groups excluding carboxylic acids is 1. The number of carboxylic acid groups (broad SMARTS) is 1. The lowest BCUT2D eigenvalue weighted by Gasteiger charge is -2.43. The summed E-state index contributed by atoms with van der Waals surface area (Å²) in [4.78, 5) is 22.5. The molecule has 148 valence electrons. The van der Waals surface area contributed by atoms with Crippen LogP contribution in [0.2, 0.25) is 0 Å². The molecule has 1 aromatic rings. The molecule has 1 spiro atoms. The monoisotopic (exact) mass is 372 g/mol. The van der Waals surface area contributed by atoms with E-state index < -0.39 is 5.97 Å². The third-order valence-electron chi connectivity index (χ3n) is 6.40. The Morgan fingerprint density at radius 3 is 2.30 bits per heavy atom. The average Bonchev–Trinajstić information content (AvgIpc) is 2.68. The van der Waals surface area contributed by atoms with Crippen LogP contribution in [0.25, 0.3) is 0 Å². The Morgan fingerprint density at radius 1 is 1.00 bits per heavy atom. The van der Waals surface area contributed by atoms with Crippen molar-refractivity contribution in [2.24, 2.45) is 5.41 Å². The SMILES string of the molecule is O=C(O)CCNC(=O)c1ccc(CNC2CCC3(CCCCC3)CC2)cc1. The first-order valence-corrected chi connectivity index (χ1v) is 10.4. The maximum atomic E-state index is 12.0. The first-order valence-electron chi connectivity index (χ1n) is 10.4. The summed E-state index contributed by atoms with van der Waals surface area (Å²) in [6, 6.07) is 8.18. The van der Waals surface area contributed by atoms with Gasteiger partial charge in [0.25, 0.3) is 5.91 Å². The molecule has 0 saturated heterocycles. The molecule has 0 unspecified atom stereocenters. The van der Waals surface area contributed by atoms with Gasteiger partial charge in [0.15, 0.2) is 0 Å². The number of amides is 1. The number of hydrogen-bond donors (Lipinski definition) is 3. The number of aliphatic carboxylic acids is 1. The second kappa shape index (κ2) is 9.36. The van der Waals surface area contributed by atoms with E-state index in [0.29, 0.717) is 17.0 Å². The van der Waals surface area contributed by atoms with Gasteiger partial charge < -0.3 is 15.7 Å². The molecule has 0 atom stereocenters. The van der Waals surface area contributed by atoms with Gasteiger partial charge >= 0.3 is 5.97 Å². The van der Waals surface area contributed by atoms with Crippen LogP contribution in [0.15, 0.2) is 24.3 Å². The van der Waals surface area contributed by atoms with Crippen molar-refractivity contribution >= 4 is 11.9 Å². The van der Waals surface area contributed by atoms with Gasteiger partial charge in [-0.2, -0.15) is 0 Å². The normalized spacial score (nSPS) is 19.7. The zero-order chi connectivity index (χ0) is 19.1. The van der Waals surface area contributed by atoms with Gasteiger partial charge in [0.1, 0.15) is 0 Å². The number of rotatable bonds is 7. The highest BCUT2D eigenvalue weighted by Crippen LogP contribution is 2.47. The van der Waals surface area contributed by atoms with E-state index >= 15 is 0 Å². The second-order valence-corrected chi connectivity index (χ2v) is 8.31. The molecule has 0 radical (unpaired) electrons. The molecule has 2 aliphatic rings. The van der Waals surface area contributed by atoms with Crippen molar-refractivity contribution in [1.29, 1.82) is 0 Å². The Balaban J connectivity index is 1.40. The maximum absolute atomic E-state index is 12.0.